The minimum Gasteiger partial charge on any atom is -0.324 e. The maximum absolute atomic E-state index is 4.67. The van der Waals surface area contributed by atoms with E-state index in [0.717, 1.165) is 11.4 Å². The number of hydrogen-bond acceptors (Lipinski definition) is 3. The van der Waals surface area contributed by atoms with E-state index in [0.29, 0.717) is 11.9 Å². The summed E-state index contributed by atoms with van der Waals surface area (Å²) in [5.74, 6) is 1.37. The topological polar surface area (TPSA) is 37.8 Å². The van der Waals surface area contributed by atoms with Gasteiger partial charge in [0, 0.05) is 17.3 Å². The highest BCUT2D eigenvalue weighted by Gasteiger charge is 2.28. The highest BCUT2D eigenvalue weighted by molar-refractivity contribution is 5.53. The predicted molar refractivity (Wildman–Crippen MR) is 73.2 cm³/mol. The molecule has 92 valence electrons. The van der Waals surface area contributed by atoms with Crippen molar-refractivity contribution in [3.8, 4) is 0 Å². The summed E-state index contributed by atoms with van der Waals surface area (Å²) in [7, 11) is 0. The van der Waals surface area contributed by atoms with E-state index in [-0.39, 0.29) is 0 Å². The molecule has 0 radical (unpaired) electrons. The van der Waals surface area contributed by atoms with E-state index in [2.05, 4.69) is 29.1 Å². The largest absolute Gasteiger partial charge is 0.324 e. The zero-order valence-electron chi connectivity index (χ0n) is 10.8. The highest BCUT2D eigenvalue weighted by atomic mass is 15.1. The van der Waals surface area contributed by atoms with E-state index in [9.17, 15) is 0 Å². The van der Waals surface area contributed by atoms with Crippen LogP contribution in [0, 0.1) is 13.8 Å². The van der Waals surface area contributed by atoms with E-state index in [4.69, 9.17) is 0 Å². The van der Waals surface area contributed by atoms with Crippen molar-refractivity contribution in [1.82, 2.24) is 9.97 Å². The third-order valence-electron chi connectivity index (χ3n) is 3.42. The first-order valence-corrected chi connectivity index (χ1v) is 6.41. The van der Waals surface area contributed by atoms with Gasteiger partial charge in [0.2, 0.25) is 5.95 Å². The Hall–Kier alpha value is -1.90. The van der Waals surface area contributed by atoms with E-state index < -0.39 is 0 Å². The van der Waals surface area contributed by atoms with Crippen LogP contribution in [0.25, 0.3) is 0 Å². The molecule has 2 aromatic rings. The number of hydrogen-bond donors (Lipinski definition) is 1. The molecule has 1 aromatic heterocycles. The fraction of sp³-hybridized carbons (Fsp3) is 0.333. The summed E-state index contributed by atoms with van der Waals surface area (Å²) in [6.45, 7) is 4.17. The van der Waals surface area contributed by atoms with Gasteiger partial charge in [-0.05, 0) is 44.4 Å². The molecule has 0 aliphatic heterocycles. The molecule has 0 spiro atoms. The van der Waals surface area contributed by atoms with Gasteiger partial charge in [0.05, 0.1) is 5.69 Å². The van der Waals surface area contributed by atoms with Gasteiger partial charge in [0.1, 0.15) is 0 Å². The molecule has 0 bridgehead atoms. The lowest BCUT2D eigenvalue weighted by atomic mass is 10.1. The second kappa shape index (κ2) is 4.41. The molecule has 0 saturated heterocycles. The summed E-state index contributed by atoms with van der Waals surface area (Å²) >= 11 is 0. The zero-order valence-corrected chi connectivity index (χ0v) is 10.8. The molecule has 0 atom stereocenters. The fourth-order valence-corrected chi connectivity index (χ4v) is 2.11. The van der Waals surface area contributed by atoms with E-state index in [1.165, 1.54) is 24.1 Å². The van der Waals surface area contributed by atoms with Crippen LogP contribution in [0.15, 0.2) is 30.3 Å². The Morgan fingerprint density at radius 3 is 2.44 bits per heavy atom. The van der Waals surface area contributed by atoms with Crippen LogP contribution >= 0.6 is 0 Å². The molecule has 1 aliphatic rings. The summed E-state index contributed by atoms with van der Waals surface area (Å²) in [5, 5.41) is 3.27. The minimum atomic E-state index is 0.656. The molecule has 18 heavy (non-hydrogen) atoms. The summed E-state index contributed by atoms with van der Waals surface area (Å²) in [6, 6.07) is 10.1. The number of aromatic nitrogens is 2. The Bertz CT molecular complexity index is 559. The van der Waals surface area contributed by atoms with Crippen LogP contribution in [0.2, 0.25) is 0 Å². The van der Waals surface area contributed by atoms with Gasteiger partial charge in [-0.3, -0.25) is 0 Å². The Balaban J connectivity index is 1.93. The molecule has 3 rings (SSSR count). The van der Waals surface area contributed by atoms with Crippen LogP contribution in [0.4, 0.5) is 11.6 Å². The molecule has 1 aromatic carbocycles. The normalized spacial score (nSPS) is 14.6. The van der Waals surface area contributed by atoms with Crippen LogP contribution < -0.4 is 5.32 Å². The number of para-hydroxylation sites is 1. The lowest BCUT2D eigenvalue weighted by Gasteiger charge is -2.11. The highest BCUT2D eigenvalue weighted by Crippen LogP contribution is 2.41. The van der Waals surface area contributed by atoms with Gasteiger partial charge < -0.3 is 5.32 Å². The van der Waals surface area contributed by atoms with Gasteiger partial charge in [-0.1, -0.05) is 18.2 Å². The first-order valence-electron chi connectivity index (χ1n) is 6.41. The summed E-state index contributed by atoms with van der Waals surface area (Å²) in [6.07, 6.45) is 2.53. The maximum Gasteiger partial charge on any atom is 0.227 e. The Labute approximate surface area is 107 Å². The Morgan fingerprint density at radius 2 is 1.78 bits per heavy atom. The van der Waals surface area contributed by atoms with Crippen molar-refractivity contribution in [2.75, 3.05) is 5.32 Å². The van der Waals surface area contributed by atoms with Crippen molar-refractivity contribution in [3.05, 3.63) is 47.3 Å². The monoisotopic (exact) mass is 239 g/mol. The molecular formula is C15H17N3. The molecule has 3 nitrogen and oxygen atoms in total. The number of aryl methyl sites for hydroxylation is 1. The van der Waals surface area contributed by atoms with Crippen molar-refractivity contribution < 1.29 is 0 Å². The number of nitrogens with one attached hydrogen (secondary N) is 1. The summed E-state index contributed by atoms with van der Waals surface area (Å²) in [4.78, 5) is 9.18. The molecule has 0 unspecified atom stereocenters. The predicted octanol–water partition coefficient (Wildman–Crippen LogP) is 3.71. The van der Waals surface area contributed by atoms with Crippen LogP contribution in [0.3, 0.4) is 0 Å². The third kappa shape index (κ3) is 2.21. The average molecular weight is 239 g/mol. The number of nitrogens with zero attached hydrogens (tertiary/aromatic N) is 2. The minimum absolute atomic E-state index is 0.656. The van der Waals surface area contributed by atoms with Crippen molar-refractivity contribution >= 4 is 11.6 Å². The van der Waals surface area contributed by atoms with Crippen molar-refractivity contribution in [1.29, 1.82) is 0 Å². The maximum atomic E-state index is 4.67. The van der Waals surface area contributed by atoms with E-state index in [1.807, 2.05) is 30.3 Å². The lowest BCUT2D eigenvalue weighted by Crippen LogP contribution is -2.04. The molecule has 0 amide bonds. The summed E-state index contributed by atoms with van der Waals surface area (Å²) in [5.41, 5.74) is 4.57. The first kappa shape index (κ1) is 11.2. The average Bonchev–Trinajstić information content (AvgIpc) is 3.19. The molecule has 1 aliphatic carbocycles. The fourth-order valence-electron chi connectivity index (χ4n) is 2.11. The van der Waals surface area contributed by atoms with Crippen LogP contribution in [0.1, 0.15) is 35.7 Å². The van der Waals surface area contributed by atoms with Gasteiger partial charge in [0.25, 0.3) is 0 Å². The number of anilines is 2. The number of benzene rings is 1. The van der Waals surface area contributed by atoms with Crippen molar-refractivity contribution in [2.24, 2.45) is 0 Å². The van der Waals surface area contributed by atoms with Gasteiger partial charge in [0.15, 0.2) is 0 Å². The molecular weight excluding hydrogens is 222 g/mol. The molecule has 1 heterocycles. The third-order valence-corrected chi connectivity index (χ3v) is 3.42. The van der Waals surface area contributed by atoms with Gasteiger partial charge in [-0.2, -0.15) is 0 Å². The smallest absolute Gasteiger partial charge is 0.227 e. The van der Waals surface area contributed by atoms with Crippen LogP contribution in [-0.2, 0) is 0 Å². The molecule has 1 fully saturated rings. The molecule has 3 heteroatoms. The van der Waals surface area contributed by atoms with E-state index in [1.54, 1.807) is 0 Å². The zero-order chi connectivity index (χ0) is 12.5. The Kier molecular flexibility index (Phi) is 2.74. The van der Waals surface area contributed by atoms with Crippen LogP contribution in [-0.4, -0.2) is 9.97 Å². The molecule has 1 N–H and O–H groups in total. The Morgan fingerprint density at radius 1 is 1.06 bits per heavy atom. The van der Waals surface area contributed by atoms with Gasteiger partial charge in [-0.25, -0.2) is 9.97 Å². The second-order valence-electron chi connectivity index (χ2n) is 4.91. The van der Waals surface area contributed by atoms with Crippen LogP contribution in [0.5, 0.6) is 0 Å². The lowest BCUT2D eigenvalue weighted by molar-refractivity contribution is 0.941. The first-order chi connectivity index (χ1) is 8.74. The summed E-state index contributed by atoms with van der Waals surface area (Å²) < 4.78 is 0. The SMILES string of the molecule is Cc1nc(Nc2ccccc2)nc(C2CC2)c1C. The van der Waals surface area contributed by atoms with Gasteiger partial charge in [-0.15, -0.1) is 0 Å². The standard InChI is InChI=1S/C15H17N3/c1-10-11(2)16-15(18-14(10)12-8-9-12)17-13-6-4-3-5-7-13/h3-7,12H,8-9H2,1-2H3,(H,16,17,18). The number of rotatable bonds is 3. The van der Waals surface area contributed by atoms with Gasteiger partial charge >= 0.3 is 0 Å². The van der Waals surface area contributed by atoms with E-state index >= 15 is 0 Å². The van der Waals surface area contributed by atoms with Crippen molar-refractivity contribution in [3.63, 3.8) is 0 Å². The quantitative estimate of drug-likeness (QED) is 0.887. The second-order valence-corrected chi connectivity index (χ2v) is 4.91. The van der Waals surface area contributed by atoms with Crippen molar-refractivity contribution in [2.45, 2.75) is 32.6 Å². The molecule has 1 saturated carbocycles.